The first-order chi connectivity index (χ1) is 24.3. The molecule has 0 fully saturated rings. The van der Waals surface area contributed by atoms with Gasteiger partial charge in [0.1, 0.15) is 0 Å². The van der Waals surface area contributed by atoms with Crippen LogP contribution in [-0.4, -0.2) is 9.13 Å². The molecular formula is C46H32N4. The largest absolute Gasteiger partial charge is 0.309 e. The van der Waals surface area contributed by atoms with Crippen LogP contribution in [0.4, 0.5) is 17.1 Å². The van der Waals surface area contributed by atoms with Crippen LogP contribution in [-0.2, 0) is 0 Å². The molecule has 1 aliphatic rings. The lowest BCUT2D eigenvalue weighted by molar-refractivity contribution is 1.11. The van der Waals surface area contributed by atoms with Crippen LogP contribution in [0, 0.1) is 11.3 Å². The summed E-state index contributed by atoms with van der Waals surface area (Å²) in [5, 5.41) is 13.6. The second-order valence-electron chi connectivity index (χ2n) is 12.5. The summed E-state index contributed by atoms with van der Waals surface area (Å²) >= 11 is 0. The summed E-state index contributed by atoms with van der Waals surface area (Å²) in [5.74, 6) is 0. The van der Waals surface area contributed by atoms with Crippen LogP contribution >= 0.6 is 0 Å². The van der Waals surface area contributed by atoms with Crippen LogP contribution in [0.25, 0.3) is 66.5 Å². The van der Waals surface area contributed by atoms with Crippen LogP contribution in [0.3, 0.4) is 0 Å². The van der Waals surface area contributed by atoms with Crippen molar-refractivity contribution in [1.82, 2.24) is 9.13 Å². The number of rotatable bonds is 3. The SMILES string of the molecule is C.N#Cc1ccc2c3c(n(-c4cccc(-n5c6ccccc6c6ccccc65)c4)c2c1)-c1ccccc1N(c1ccccc1)c1ccccc1-3. The molecule has 7 aromatic carbocycles. The molecule has 0 aliphatic carbocycles. The van der Waals surface area contributed by atoms with Crippen molar-refractivity contribution in [3.63, 3.8) is 0 Å². The Hall–Kier alpha value is -6.83. The van der Waals surface area contributed by atoms with E-state index >= 15 is 0 Å². The number of nitriles is 1. The smallest absolute Gasteiger partial charge is 0.0992 e. The molecule has 236 valence electrons. The molecule has 0 atom stereocenters. The summed E-state index contributed by atoms with van der Waals surface area (Å²) in [5.41, 5.74) is 13.9. The number of fused-ring (bicyclic) bond motifs is 10. The molecule has 1 aliphatic heterocycles. The zero-order chi connectivity index (χ0) is 32.5. The molecule has 9 aromatic rings. The van der Waals surface area contributed by atoms with Crippen LogP contribution < -0.4 is 4.90 Å². The Labute approximate surface area is 290 Å². The highest BCUT2D eigenvalue weighted by Gasteiger charge is 2.31. The monoisotopic (exact) mass is 640 g/mol. The molecule has 0 amide bonds. The highest BCUT2D eigenvalue weighted by atomic mass is 15.2. The summed E-state index contributed by atoms with van der Waals surface area (Å²) in [6.45, 7) is 0. The number of aromatic nitrogens is 2. The number of para-hydroxylation sites is 5. The molecule has 0 N–H and O–H groups in total. The van der Waals surface area contributed by atoms with Crippen LogP contribution in [0.1, 0.15) is 13.0 Å². The van der Waals surface area contributed by atoms with Gasteiger partial charge in [-0.3, -0.25) is 0 Å². The van der Waals surface area contributed by atoms with Gasteiger partial charge in [-0.1, -0.05) is 111 Å². The average Bonchev–Trinajstić information content (AvgIpc) is 3.65. The topological polar surface area (TPSA) is 36.9 Å². The number of hydrogen-bond donors (Lipinski definition) is 0. The van der Waals surface area contributed by atoms with E-state index in [0.29, 0.717) is 5.56 Å². The second kappa shape index (κ2) is 11.4. The van der Waals surface area contributed by atoms with Gasteiger partial charge >= 0.3 is 0 Å². The van der Waals surface area contributed by atoms with Gasteiger partial charge < -0.3 is 14.0 Å². The number of benzene rings is 7. The molecule has 10 rings (SSSR count). The van der Waals surface area contributed by atoms with Gasteiger partial charge in [-0.2, -0.15) is 5.26 Å². The van der Waals surface area contributed by atoms with Crippen molar-refractivity contribution in [2.75, 3.05) is 4.90 Å². The molecule has 4 heteroatoms. The quantitative estimate of drug-likeness (QED) is 0.193. The van der Waals surface area contributed by atoms with Gasteiger partial charge in [-0.25, -0.2) is 0 Å². The fourth-order valence-corrected chi connectivity index (χ4v) is 7.86. The fourth-order valence-electron chi connectivity index (χ4n) is 7.86. The minimum absolute atomic E-state index is 0. The summed E-state index contributed by atoms with van der Waals surface area (Å²) in [6.07, 6.45) is 0. The Balaban J connectivity index is 0.00000336. The van der Waals surface area contributed by atoms with Gasteiger partial charge in [-0.15, -0.1) is 0 Å². The van der Waals surface area contributed by atoms with E-state index in [1.165, 1.54) is 21.8 Å². The Morgan fingerprint density at radius 2 is 0.980 bits per heavy atom. The van der Waals surface area contributed by atoms with E-state index in [-0.39, 0.29) is 7.43 Å². The lowest BCUT2D eigenvalue weighted by Crippen LogP contribution is -2.11. The van der Waals surface area contributed by atoms with E-state index < -0.39 is 0 Å². The highest BCUT2D eigenvalue weighted by molar-refractivity contribution is 6.13. The lowest BCUT2D eigenvalue weighted by atomic mass is 9.98. The third-order valence-electron chi connectivity index (χ3n) is 9.85. The maximum absolute atomic E-state index is 10.1. The van der Waals surface area contributed by atoms with Crippen molar-refractivity contribution in [2.24, 2.45) is 0 Å². The molecule has 50 heavy (non-hydrogen) atoms. The molecule has 0 unspecified atom stereocenters. The van der Waals surface area contributed by atoms with Crippen LogP contribution in [0.15, 0.2) is 170 Å². The second-order valence-corrected chi connectivity index (χ2v) is 12.5. The Bertz CT molecular complexity index is 2740. The zero-order valence-electron chi connectivity index (χ0n) is 26.5. The van der Waals surface area contributed by atoms with E-state index in [1.54, 1.807) is 0 Å². The van der Waals surface area contributed by atoms with Gasteiger partial charge in [0, 0.05) is 49.9 Å². The van der Waals surface area contributed by atoms with Crippen LogP contribution in [0.2, 0.25) is 0 Å². The molecule has 2 aromatic heterocycles. The van der Waals surface area contributed by atoms with E-state index in [2.05, 4.69) is 178 Å². The standard InChI is InChI=1S/C45H28N4.CH4/c46-29-30-25-26-37-43(27-30)49(33-16-12-15-32(28-33)48-39-21-8-4-17-34(39)35-18-5-9-22-40(35)48)45-38-20-7-11-24-42(38)47(31-13-2-1-3-14-31)41-23-10-6-19-36(41)44(37)45;/h1-28H;1H4. The minimum atomic E-state index is 0. The number of nitrogens with zero attached hydrogens (tertiary/aromatic N) is 4. The summed E-state index contributed by atoms with van der Waals surface area (Å²) in [7, 11) is 0. The normalized spacial score (nSPS) is 11.8. The van der Waals surface area contributed by atoms with Gasteiger partial charge in [0.25, 0.3) is 0 Å². The molecule has 0 bridgehead atoms. The average molecular weight is 641 g/mol. The Kier molecular flexibility index (Phi) is 6.69. The van der Waals surface area contributed by atoms with E-state index in [1.807, 2.05) is 12.1 Å². The molecule has 0 spiro atoms. The predicted molar refractivity (Wildman–Crippen MR) is 208 cm³/mol. The first kappa shape index (κ1) is 29.3. The summed E-state index contributed by atoms with van der Waals surface area (Å²) < 4.78 is 4.73. The third-order valence-corrected chi connectivity index (χ3v) is 9.85. The van der Waals surface area contributed by atoms with Crippen molar-refractivity contribution in [3.05, 3.63) is 175 Å². The maximum atomic E-state index is 10.1. The molecule has 0 saturated heterocycles. The number of hydrogen-bond acceptors (Lipinski definition) is 2. The number of anilines is 3. The highest BCUT2D eigenvalue weighted by Crippen LogP contribution is 2.54. The van der Waals surface area contributed by atoms with Gasteiger partial charge in [0.2, 0.25) is 0 Å². The molecule has 4 nitrogen and oxygen atoms in total. The minimum Gasteiger partial charge on any atom is -0.309 e. The molecule has 0 radical (unpaired) electrons. The van der Waals surface area contributed by atoms with Crippen LogP contribution in [0.5, 0.6) is 0 Å². The van der Waals surface area contributed by atoms with E-state index in [0.717, 1.165) is 61.7 Å². The Morgan fingerprint density at radius 1 is 0.420 bits per heavy atom. The van der Waals surface area contributed by atoms with Gasteiger partial charge in [-0.05, 0) is 66.7 Å². The fraction of sp³-hybridized carbons (Fsp3) is 0.0217. The molecule has 3 heterocycles. The molecular weight excluding hydrogens is 609 g/mol. The maximum Gasteiger partial charge on any atom is 0.0992 e. The van der Waals surface area contributed by atoms with Crippen molar-refractivity contribution in [3.8, 4) is 39.8 Å². The van der Waals surface area contributed by atoms with E-state index in [4.69, 9.17) is 0 Å². The Morgan fingerprint density at radius 3 is 1.68 bits per heavy atom. The summed E-state index contributed by atoms with van der Waals surface area (Å²) in [6, 6.07) is 62.5. The van der Waals surface area contributed by atoms with E-state index in [9.17, 15) is 5.26 Å². The van der Waals surface area contributed by atoms with Crippen molar-refractivity contribution >= 4 is 49.8 Å². The third kappa shape index (κ3) is 4.17. The lowest BCUT2D eigenvalue weighted by Gasteiger charge is -2.27. The first-order valence-electron chi connectivity index (χ1n) is 16.5. The predicted octanol–water partition coefficient (Wildman–Crippen LogP) is 12.4. The van der Waals surface area contributed by atoms with Crippen molar-refractivity contribution < 1.29 is 0 Å². The van der Waals surface area contributed by atoms with Crippen molar-refractivity contribution in [2.45, 2.75) is 7.43 Å². The summed E-state index contributed by atoms with van der Waals surface area (Å²) in [4.78, 5) is 2.37. The van der Waals surface area contributed by atoms with Gasteiger partial charge in [0.15, 0.2) is 0 Å². The van der Waals surface area contributed by atoms with Gasteiger partial charge in [0.05, 0.1) is 45.3 Å². The first-order valence-corrected chi connectivity index (χ1v) is 16.5. The zero-order valence-corrected chi connectivity index (χ0v) is 26.5. The van der Waals surface area contributed by atoms with Crippen molar-refractivity contribution in [1.29, 1.82) is 5.26 Å². The molecule has 0 saturated carbocycles.